The maximum Gasteiger partial charge on any atom is 0.258 e. The van der Waals surface area contributed by atoms with Crippen molar-refractivity contribution in [1.29, 1.82) is 0 Å². The van der Waals surface area contributed by atoms with E-state index in [-0.39, 0.29) is 5.91 Å². The second kappa shape index (κ2) is 6.99. The number of rotatable bonds is 3. The molecule has 5 heteroatoms. The van der Waals surface area contributed by atoms with E-state index in [2.05, 4.69) is 36.1 Å². The van der Waals surface area contributed by atoms with Crippen LogP contribution in [-0.4, -0.2) is 44.1 Å². The Morgan fingerprint density at radius 3 is 2.48 bits per heavy atom. The number of piperazine rings is 1. The zero-order valence-electron chi connectivity index (χ0n) is 16.0. The quantitative estimate of drug-likeness (QED) is 0.704. The molecule has 3 aromatic rings. The molecule has 1 saturated heterocycles. The fourth-order valence-corrected chi connectivity index (χ4v) is 3.82. The van der Waals surface area contributed by atoms with Crippen molar-refractivity contribution in [1.82, 2.24) is 4.90 Å². The van der Waals surface area contributed by atoms with Gasteiger partial charge in [0.25, 0.3) is 5.91 Å². The van der Waals surface area contributed by atoms with Gasteiger partial charge in [0.1, 0.15) is 17.1 Å². The average Bonchev–Trinajstić information content (AvgIpc) is 3.02. The number of hydrogen-bond donors (Lipinski definition) is 0. The fraction of sp³-hybridized carbons (Fsp3) is 0.318. The van der Waals surface area contributed by atoms with E-state index < -0.39 is 0 Å². The van der Waals surface area contributed by atoms with E-state index in [1.165, 1.54) is 11.3 Å². The number of amides is 1. The molecule has 0 atom stereocenters. The SMILES string of the molecule is COc1ccc2oc(C)c(C(=O)N3CCN(c4ccccc4C)CC3)c2c1. The standard InChI is InChI=1S/C22H24N2O3/c1-15-6-4-5-7-19(15)23-10-12-24(13-11-23)22(25)21-16(2)27-20-9-8-17(26-3)14-18(20)21/h4-9,14H,10-13H2,1-3H3. The first-order valence-corrected chi connectivity index (χ1v) is 9.25. The number of carbonyl (C=O) groups is 1. The van der Waals surface area contributed by atoms with Crippen LogP contribution in [0.1, 0.15) is 21.7 Å². The highest BCUT2D eigenvalue weighted by atomic mass is 16.5. The van der Waals surface area contributed by atoms with Crippen LogP contribution in [0.2, 0.25) is 0 Å². The monoisotopic (exact) mass is 364 g/mol. The van der Waals surface area contributed by atoms with Gasteiger partial charge in [-0.1, -0.05) is 18.2 Å². The number of fused-ring (bicyclic) bond motifs is 1. The van der Waals surface area contributed by atoms with E-state index in [1.807, 2.05) is 30.0 Å². The Kier molecular flexibility index (Phi) is 4.52. The van der Waals surface area contributed by atoms with E-state index in [1.54, 1.807) is 7.11 Å². The second-order valence-electron chi connectivity index (χ2n) is 6.96. The van der Waals surface area contributed by atoms with Crippen LogP contribution in [-0.2, 0) is 0 Å². The van der Waals surface area contributed by atoms with Gasteiger partial charge in [0.15, 0.2) is 0 Å². The number of benzene rings is 2. The summed E-state index contributed by atoms with van der Waals surface area (Å²) in [6, 6.07) is 14.0. The molecule has 1 aromatic heterocycles. The highest BCUT2D eigenvalue weighted by Crippen LogP contribution is 2.30. The summed E-state index contributed by atoms with van der Waals surface area (Å²) in [5.41, 5.74) is 3.88. The maximum absolute atomic E-state index is 13.2. The van der Waals surface area contributed by atoms with Crippen molar-refractivity contribution in [3.63, 3.8) is 0 Å². The van der Waals surface area contributed by atoms with Gasteiger partial charge in [0.05, 0.1) is 12.7 Å². The van der Waals surface area contributed by atoms with E-state index in [0.717, 1.165) is 29.8 Å². The molecular weight excluding hydrogens is 340 g/mol. The maximum atomic E-state index is 13.2. The minimum atomic E-state index is 0.0314. The molecule has 0 unspecified atom stereocenters. The molecule has 1 fully saturated rings. The van der Waals surface area contributed by atoms with Gasteiger partial charge in [-0.05, 0) is 43.7 Å². The van der Waals surface area contributed by atoms with E-state index >= 15 is 0 Å². The third kappa shape index (κ3) is 3.14. The molecule has 1 amide bonds. The van der Waals surface area contributed by atoms with Crippen molar-refractivity contribution in [3.05, 3.63) is 59.4 Å². The number of methoxy groups -OCH3 is 1. The summed E-state index contributed by atoms with van der Waals surface area (Å²) < 4.78 is 11.1. The molecule has 0 aliphatic carbocycles. The van der Waals surface area contributed by atoms with Gasteiger partial charge in [-0.15, -0.1) is 0 Å². The first kappa shape index (κ1) is 17.5. The van der Waals surface area contributed by atoms with Gasteiger partial charge in [0, 0.05) is 37.3 Å². The number of hydrogen-bond acceptors (Lipinski definition) is 4. The van der Waals surface area contributed by atoms with Gasteiger partial charge in [-0.25, -0.2) is 0 Å². The van der Waals surface area contributed by atoms with Crippen LogP contribution >= 0.6 is 0 Å². The zero-order valence-corrected chi connectivity index (χ0v) is 16.0. The van der Waals surface area contributed by atoms with E-state index in [9.17, 15) is 4.79 Å². The predicted octanol–water partition coefficient (Wildman–Crippen LogP) is 4.02. The van der Waals surface area contributed by atoms with E-state index in [0.29, 0.717) is 24.4 Å². The molecule has 0 radical (unpaired) electrons. The largest absolute Gasteiger partial charge is 0.497 e. The summed E-state index contributed by atoms with van der Waals surface area (Å²) in [5, 5.41) is 0.818. The van der Waals surface area contributed by atoms with Crippen LogP contribution in [0.5, 0.6) is 5.75 Å². The van der Waals surface area contributed by atoms with Crippen LogP contribution in [0.15, 0.2) is 46.9 Å². The van der Waals surface area contributed by atoms with E-state index in [4.69, 9.17) is 9.15 Å². The van der Waals surface area contributed by atoms with Crippen LogP contribution in [0.25, 0.3) is 11.0 Å². The summed E-state index contributed by atoms with van der Waals surface area (Å²) in [7, 11) is 1.63. The Hall–Kier alpha value is -2.95. The summed E-state index contributed by atoms with van der Waals surface area (Å²) in [5.74, 6) is 1.41. The Balaban J connectivity index is 1.56. The Labute approximate surface area is 159 Å². The number of aryl methyl sites for hydroxylation is 2. The van der Waals surface area contributed by atoms with Gasteiger partial charge in [-0.3, -0.25) is 4.79 Å². The molecule has 2 aromatic carbocycles. The molecular formula is C22H24N2O3. The van der Waals surface area contributed by atoms with Crippen molar-refractivity contribution in [2.45, 2.75) is 13.8 Å². The lowest BCUT2D eigenvalue weighted by molar-refractivity contribution is 0.0746. The molecule has 0 bridgehead atoms. The minimum Gasteiger partial charge on any atom is -0.497 e. The molecule has 5 nitrogen and oxygen atoms in total. The van der Waals surface area contributed by atoms with Gasteiger partial charge >= 0.3 is 0 Å². The smallest absolute Gasteiger partial charge is 0.258 e. The number of para-hydroxylation sites is 1. The summed E-state index contributed by atoms with van der Waals surface area (Å²) in [6.45, 7) is 7.03. The second-order valence-corrected chi connectivity index (χ2v) is 6.96. The van der Waals surface area contributed by atoms with Crippen molar-refractivity contribution in [2.75, 3.05) is 38.2 Å². The van der Waals surface area contributed by atoms with Crippen molar-refractivity contribution >= 4 is 22.6 Å². The normalized spacial score (nSPS) is 14.6. The lowest BCUT2D eigenvalue weighted by atomic mass is 10.1. The van der Waals surface area contributed by atoms with Crippen LogP contribution in [0, 0.1) is 13.8 Å². The minimum absolute atomic E-state index is 0.0314. The Morgan fingerprint density at radius 2 is 1.78 bits per heavy atom. The third-order valence-electron chi connectivity index (χ3n) is 5.31. The van der Waals surface area contributed by atoms with Crippen LogP contribution < -0.4 is 9.64 Å². The summed E-state index contributed by atoms with van der Waals surface area (Å²) in [4.78, 5) is 17.5. The highest BCUT2D eigenvalue weighted by Gasteiger charge is 2.27. The molecule has 27 heavy (non-hydrogen) atoms. The molecule has 0 saturated carbocycles. The van der Waals surface area contributed by atoms with Crippen molar-refractivity contribution < 1.29 is 13.9 Å². The Morgan fingerprint density at radius 1 is 1.04 bits per heavy atom. The molecule has 1 aliphatic rings. The number of furan rings is 1. The summed E-state index contributed by atoms with van der Waals surface area (Å²) >= 11 is 0. The van der Waals surface area contributed by atoms with Gasteiger partial charge in [-0.2, -0.15) is 0 Å². The Bertz CT molecular complexity index is 984. The first-order chi connectivity index (χ1) is 13.1. The number of ether oxygens (including phenoxy) is 1. The lowest BCUT2D eigenvalue weighted by Crippen LogP contribution is -2.49. The fourth-order valence-electron chi connectivity index (χ4n) is 3.82. The predicted molar refractivity (Wildman–Crippen MR) is 107 cm³/mol. The highest BCUT2D eigenvalue weighted by molar-refractivity contribution is 6.07. The molecule has 0 N–H and O–H groups in total. The number of carbonyl (C=O) groups excluding carboxylic acids is 1. The number of anilines is 1. The molecule has 0 spiro atoms. The third-order valence-corrected chi connectivity index (χ3v) is 5.31. The van der Waals surface area contributed by atoms with Crippen molar-refractivity contribution in [2.24, 2.45) is 0 Å². The molecule has 2 heterocycles. The average molecular weight is 364 g/mol. The molecule has 140 valence electrons. The first-order valence-electron chi connectivity index (χ1n) is 9.25. The van der Waals surface area contributed by atoms with Crippen LogP contribution in [0.4, 0.5) is 5.69 Å². The van der Waals surface area contributed by atoms with Gasteiger partial charge in [0.2, 0.25) is 0 Å². The lowest BCUT2D eigenvalue weighted by Gasteiger charge is -2.36. The van der Waals surface area contributed by atoms with Crippen LogP contribution in [0.3, 0.4) is 0 Å². The summed E-state index contributed by atoms with van der Waals surface area (Å²) in [6.07, 6.45) is 0. The van der Waals surface area contributed by atoms with Crippen molar-refractivity contribution in [3.8, 4) is 5.75 Å². The molecule has 4 rings (SSSR count). The topological polar surface area (TPSA) is 45.9 Å². The number of nitrogens with zero attached hydrogens (tertiary/aromatic N) is 2. The zero-order chi connectivity index (χ0) is 19.0. The molecule has 1 aliphatic heterocycles. The van der Waals surface area contributed by atoms with Gasteiger partial charge < -0.3 is 19.0 Å².